The van der Waals surface area contributed by atoms with Crippen LogP contribution in [0.4, 0.5) is 10.5 Å². The standard InChI is InChI=1S/C17H25N3O4/c1-11(2)20(19-16(23)24-17(4,5)6)15(22)13-8-7-9-14(10-13)18-12(3)21/h7-11H,1-6H3,(H,18,21)(H,19,23). The Bertz CT molecular complexity index is 621. The zero-order valence-corrected chi connectivity index (χ0v) is 15.0. The van der Waals surface area contributed by atoms with Gasteiger partial charge in [0.15, 0.2) is 0 Å². The molecule has 0 bridgehead atoms. The summed E-state index contributed by atoms with van der Waals surface area (Å²) in [4.78, 5) is 35.7. The first-order chi connectivity index (χ1) is 11.0. The molecule has 1 rings (SSSR count). The van der Waals surface area contributed by atoms with E-state index in [1.54, 1.807) is 58.9 Å². The summed E-state index contributed by atoms with van der Waals surface area (Å²) in [5.74, 6) is -0.629. The summed E-state index contributed by atoms with van der Waals surface area (Å²) in [6, 6.07) is 6.22. The molecule has 0 aromatic heterocycles. The van der Waals surface area contributed by atoms with Crippen molar-refractivity contribution in [3.8, 4) is 0 Å². The summed E-state index contributed by atoms with van der Waals surface area (Å²) in [5.41, 5.74) is 2.65. The molecule has 132 valence electrons. The minimum Gasteiger partial charge on any atom is -0.443 e. The number of nitrogens with one attached hydrogen (secondary N) is 2. The minimum absolute atomic E-state index is 0.229. The molecule has 0 saturated carbocycles. The highest BCUT2D eigenvalue weighted by atomic mass is 16.6. The first-order valence-corrected chi connectivity index (χ1v) is 7.70. The van der Waals surface area contributed by atoms with Gasteiger partial charge in [-0.3, -0.25) is 9.59 Å². The monoisotopic (exact) mass is 335 g/mol. The van der Waals surface area contributed by atoms with Crippen molar-refractivity contribution in [2.75, 3.05) is 5.32 Å². The van der Waals surface area contributed by atoms with Gasteiger partial charge in [0.1, 0.15) is 5.60 Å². The highest BCUT2D eigenvalue weighted by molar-refractivity contribution is 5.97. The van der Waals surface area contributed by atoms with Gasteiger partial charge in [0.2, 0.25) is 5.91 Å². The molecule has 0 heterocycles. The van der Waals surface area contributed by atoms with Gasteiger partial charge in [-0.1, -0.05) is 6.07 Å². The lowest BCUT2D eigenvalue weighted by Crippen LogP contribution is -2.51. The van der Waals surface area contributed by atoms with E-state index in [1.807, 2.05) is 0 Å². The van der Waals surface area contributed by atoms with E-state index in [1.165, 1.54) is 11.9 Å². The Morgan fingerprint density at radius 2 is 1.79 bits per heavy atom. The fourth-order valence-electron chi connectivity index (χ4n) is 1.89. The molecule has 0 aliphatic carbocycles. The lowest BCUT2D eigenvalue weighted by Gasteiger charge is -2.29. The Morgan fingerprint density at radius 1 is 1.17 bits per heavy atom. The van der Waals surface area contributed by atoms with E-state index in [0.717, 1.165) is 0 Å². The number of hydrogen-bond donors (Lipinski definition) is 2. The van der Waals surface area contributed by atoms with Crippen LogP contribution in [0, 0.1) is 0 Å². The van der Waals surface area contributed by atoms with Crippen LogP contribution in [0.15, 0.2) is 24.3 Å². The van der Waals surface area contributed by atoms with Crippen LogP contribution >= 0.6 is 0 Å². The number of amides is 3. The average molecular weight is 335 g/mol. The van der Waals surface area contributed by atoms with Crippen molar-refractivity contribution in [1.29, 1.82) is 0 Å². The second-order valence-electron chi connectivity index (χ2n) is 6.64. The Hall–Kier alpha value is -2.57. The molecule has 7 heteroatoms. The number of hydrogen-bond acceptors (Lipinski definition) is 4. The van der Waals surface area contributed by atoms with Crippen molar-refractivity contribution in [1.82, 2.24) is 10.4 Å². The quantitative estimate of drug-likeness (QED) is 0.831. The predicted molar refractivity (Wildman–Crippen MR) is 91.4 cm³/mol. The lowest BCUT2D eigenvalue weighted by atomic mass is 10.1. The zero-order valence-electron chi connectivity index (χ0n) is 15.0. The highest BCUT2D eigenvalue weighted by Gasteiger charge is 2.24. The third-order valence-corrected chi connectivity index (χ3v) is 2.78. The number of rotatable bonds is 3. The number of hydrazine groups is 1. The first kappa shape index (κ1) is 19.5. The van der Waals surface area contributed by atoms with Gasteiger partial charge in [0.05, 0.1) is 0 Å². The SMILES string of the molecule is CC(=O)Nc1cccc(C(=O)N(NC(=O)OC(C)(C)C)C(C)C)c1. The van der Waals surface area contributed by atoms with Gasteiger partial charge in [0, 0.05) is 24.2 Å². The van der Waals surface area contributed by atoms with E-state index in [0.29, 0.717) is 11.3 Å². The molecule has 7 nitrogen and oxygen atoms in total. The molecule has 0 radical (unpaired) electrons. The van der Waals surface area contributed by atoms with E-state index in [2.05, 4.69) is 10.7 Å². The van der Waals surface area contributed by atoms with Crippen LogP contribution in [-0.2, 0) is 9.53 Å². The molecular formula is C17H25N3O4. The third kappa shape index (κ3) is 6.28. The normalized spacial score (nSPS) is 11.0. The van der Waals surface area contributed by atoms with Crippen molar-refractivity contribution >= 4 is 23.6 Å². The second-order valence-corrected chi connectivity index (χ2v) is 6.64. The molecule has 2 N–H and O–H groups in total. The Balaban J connectivity index is 2.94. The van der Waals surface area contributed by atoms with Crippen LogP contribution < -0.4 is 10.7 Å². The number of ether oxygens (including phenoxy) is 1. The van der Waals surface area contributed by atoms with Gasteiger partial charge in [-0.05, 0) is 52.8 Å². The third-order valence-electron chi connectivity index (χ3n) is 2.78. The topological polar surface area (TPSA) is 87.7 Å². The molecule has 1 aromatic rings. The summed E-state index contributed by atoms with van der Waals surface area (Å²) >= 11 is 0. The Morgan fingerprint density at radius 3 is 2.29 bits per heavy atom. The van der Waals surface area contributed by atoms with Crippen LogP contribution in [-0.4, -0.2) is 34.6 Å². The molecule has 24 heavy (non-hydrogen) atoms. The Kier molecular flexibility index (Phi) is 6.34. The maximum absolute atomic E-state index is 12.7. The molecule has 0 saturated heterocycles. The molecule has 3 amide bonds. The fourth-order valence-corrected chi connectivity index (χ4v) is 1.89. The smallest absolute Gasteiger partial charge is 0.426 e. The van der Waals surface area contributed by atoms with E-state index >= 15 is 0 Å². The van der Waals surface area contributed by atoms with Gasteiger partial charge in [0.25, 0.3) is 5.91 Å². The molecule has 0 spiro atoms. The lowest BCUT2D eigenvalue weighted by molar-refractivity contribution is -0.114. The minimum atomic E-state index is -0.706. The highest BCUT2D eigenvalue weighted by Crippen LogP contribution is 2.14. The van der Waals surface area contributed by atoms with Gasteiger partial charge < -0.3 is 10.1 Å². The second kappa shape index (κ2) is 7.81. The number of carbonyl (C=O) groups excluding carboxylic acids is 3. The van der Waals surface area contributed by atoms with Crippen LogP contribution in [0.5, 0.6) is 0 Å². The molecule has 1 aromatic carbocycles. The van der Waals surface area contributed by atoms with Crippen molar-refractivity contribution in [2.45, 2.75) is 53.2 Å². The first-order valence-electron chi connectivity index (χ1n) is 7.70. The van der Waals surface area contributed by atoms with Gasteiger partial charge in [-0.15, -0.1) is 0 Å². The zero-order chi connectivity index (χ0) is 18.5. The van der Waals surface area contributed by atoms with E-state index in [9.17, 15) is 14.4 Å². The number of anilines is 1. The molecule has 0 aliphatic heterocycles. The van der Waals surface area contributed by atoms with E-state index in [4.69, 9.17) is 4.74 Å². The van der Waals surface area contributed by atoms with Crippen LogP contribution in [0.2, 0.25) is 0 Å². The maximum Gasteiger partial charge on any atom is 0.426 e. The van der Waals surface area contributed by atoms with Gasteiger partial charge in [-0.25, -0.2) is 15.2 Å². The van der Waals surface area contributed by atoms with Crippen LogP contribution in [0.1, 0.15) is 51.9 Å². The summed E-state index contributed by atoms with van der Waals surface area (Å²) in [7, 11) is 0. The van der Waals surface area contributed by atoms with E-state index < -0.39 is 17.6 Å². The average Bonchev–Trinajstić information content (AvgIpc) is 2.41. The van der Waals surface area contributed by atoms with Gasteiger partial charge >= 0.3 is 6.09 Å². The van der Waals surface area contributed by atoms with E-state index in [-0.39, 0.29) is 11.9 Å². The maximum atomic E-state index is 12.7. The van der Waals surface area contributed by atoms with Crippen molar-refractivity contribution in [3.63, 3.8) is 0 Å². The van der Waals surface area contributed by atoms with Crippen molar-refractivity contribution in [2.24, 2.45) is 0 Å². The largest absolute Gasteiger partial charge is 0.443 e. The summed E-state index contributed by atoms with van der Waals surface area (Å²) < 4.78 is 5.18. The van der Waals surface area contributed by atoms with Gasteiger partial charge in [-0.2, -0.15) is 0 Å². The van der Waals surface area contributed by atoms with Crippen molar-refractivity contribution in [3.05, 3.63) is 29.8 Å². The number of nitrogens with zero attached hydrogens (tertiary/aromatic N) is 1. The summed E-state index contributed by atoms with van der Waals surface area (Å²) in [6.07, 6.45) is -0.706. The molecule has 0 unspecified atom stereocenters. The van der Waals surface area contributed by atoms with Crippen LogP contribution in [0.3, 0.4) is 0 Å². The van der Waals surface area contributed by atoms with Crippen molar-refractivity contribution < 1.29 is 19.1 Å². The summed E-state index contributed by atoms with van der Waals surface area (Å²) in [5, 5.41) is 3.81. The number of benzene rings is 1. The number of carbonyl (C=O) groups is 3. The predicted octanol–water partition coefficient (Wildman–Crippen LogP) is 2.94. The van der Waals surface area contributed by atoms with Crippen LogP contribution in [0.25, 0.3) is 0 Å². The molecule has 0 atom stereocenters. The molecule has 0 aliphatic rings. The summed E-state index contributed by atoms with van der Waals surface area (Å²) in [6.45, 7) is 10.2. The molecule has 0 fully saturated rings. The Labute approximate surface area is 142 Å². The fraction of sp³-hybridized carbons (Fsp3) is 0.471. The molecular weight excluding hydrogens is 310 g/mol.